The maximum absolute atomic E-state index is 6.51. The van der Waals surface area contributed by atoms with Gasteiger partial charge in [-0.2, -0.15) is 0 Å². The third-order valence-corrected chi connectivity index (χ3v) is 8.26. The Labute approximate surface area is 221 Å². The van der Waals surface area contributed by atoms with Gasteiger partial charge < -0.3 is 9.23 Å². The fraction of sp³-hybridized carbons (Fsp3) is 0. The molecule has 3 aliphatic heterocycles. The van der Waals surface area contributed by atoms with Crippen molar-refractivity contribution in [3.63, 3.8) is 0 Å². The monoisotopic (exact) mass is 484 g/mol. The van der Waals surface area contributed by atoms with Gasteiger partial charge in [-0.3, -0.25) is 4.90 Å². The molecule has 4 heteroatoms. The molecule has 0 spiro atoms. The van der Waals surface area contributed by atoms with Gasteiger partial charge >= 0.3 is 6.85 Å². The van der Waals surface area contributed by atoms with Crippen molar-refractivity contribution in [1.82, 2.24) is 0 Å². The minimum absolute atomic E-state index is 0.0586. The van der Waals surface area contributed by atoms with E-state index in [0.29, 0.717) is 0 Å². The zero-order valence-corrected chi connectivity index (χ0v) is 20.5. The van der Waals surface area contributed by atoms with Crippen LogP contribution in [0.4, 0.5) is 28.6 Å². The second-order valence-corrected chi connectivity index (χ2v) is 10.2. The molecule has 0 bridgehead atoms. The molecule has 0 unspecified atom stereocenters. The average Bonchev–Trinajstić information content (AvgIpc) is 3.43. The Morgan fingerprint density at radius 2 is 1.13 bits per heavy atom. The van der Waals surface area contributed by atoms with E-state index in [1.54, 1.807) is 0 Å². The molecule has 38 heavy (non-hydrogen) atoms. The minimum atomic E-state index is 0.0586. The van der Waals surface area contributed by atoms with Crippen LogP contribution in [0.2, 0.25) is 0 Å². The van der Waals surface area contributed by atoms with Gasteiger partial charge in [-0.1, -0.05) is 91.0 Å². The summed E-state index contributed by atoms with van der Waals surface area (Å²) < 4.78 is 6.51. The van der Waals surface area contributed by atoms with Crippen LogP contribution in [0.5, 0.6) is 0 Å². The first kappa shape index (κ1) is 20.1. The predicted octanol–water partition coefficient (Wildman–Crippen LogP) is 7.63. The van der Waals surface area contributed by atoms with Gasteiger partial charge in [0.2, 0.25) is 5.88 Å². The minimum Gasteiger partial charge on any atom is -0.448 e. The number of anilines is 5. The van der Waals surface area contributed by atoms with E-state index in [-0.39, 0.29) is 6.85 Å². The fourth-order valence-corrected chi connectivity index (χ4v) is 6.73. The summed E-state index contributed by atoms with van der Waals surface area (Å²) in [5.41, 5.74) is 14.7. The molecule has 0 saturated carbocycles. The van der Waals surface area contributed by atoms with Gasteiger partial charge in [-0.25, -0.2) is 0 Å². The average molecular weight is 484 g/mol. The van der Waals surface area contributed by atoms with Gasteiger partial charge in [-0.05, 0) is 52.5 Å². The first-order valence-corrected chi connectivity index (χ1v) is 13.1. The molecule has 0 fully saturated rings. The highest BCUT2D eigenvalue weighted by molar-refractivity contribution is 6.95. The third kappa shape index (κ3) is 2.49. The van der Waals surface area contributed by atoms with Gasteiger partial charge in [0.1, 0.15) is 6.26 Å². The summed E-state index contributed by atoms with van der Waals surface area (Å²) in [7, 11) is 0. The zero-order chi connectivity index (χ0) is 24.8. The van der Waals surface area contributed by atoms with E-state index in [1.165, 1.54) is 61.4 Å². The Kier molecular flexibility index (Phi) is 3.87. The molecule has 0 aliphatic carbocycles. The number of hydrogen-bond acceptors (Lipinski definition) is 3. The largest absolute Gasteiger partial charge is 0.448 e. The second-order valence-electron chi connectivity index (χ2n) is 10.2. The highest BCUT2D eigenvalue weighted by atomic mass is 16.3. The lowest BCUT2D eigenvalue weighted by Crippen LogP contribution is -2.62. The van der Waals surface area contributed by atoms with Crippen molar-refractivity contribution in [2.75, 3.05) is 9.71 Å². The van der Waals surface area contributed by atoms with Crippen LogP contribution >= 0.6 is 0 Å². The summed E-state index contributed by atoms with van der Waals surface area (Å²) in [6, 6.07) is 43.6. The molecule has 0 radical (unpaired) electrons. The number of furan rings is 1. The summed E-state index contributed by atoms with van der Waals surface area (Å²) >= 11 is 0. The molecular formula is C34H21BN2O. The summed E-state index contributed by atoms with van der Waals surface area (Å²) in [4.78, 5) is 4.84. The molecule has 3 nitrogen and oxygen atoms in total. The summed E-state index contributed by atoms with van der Waals surface area (Å²) in [6.45, 7) is 0.0586. The van der Waals surface area contributed by atoms with Crippen LogP contribution in [-0.4, -0.2) is 6.85 Å². The molecule has 4 heterocycles. The van der Waals surface area contributed by atoms with Crippen LogP contribution in [0.1, 0.15) is 0 Å². The highest BCUT2D eigenvalue weighted by Gasteiger charge is 2.50. The molecule has 9 rings (SSSR count). The van der Waals surface area contributed by atoms with Gasteiger partial charge in [0.25, 0.3) is 0 Å². The van der Waals surface area contributed by atoms with E-state index in [1.807, 2.05) is 6.26 Å². The van der Waals surface area contributed by atoms with Crippen LogP contribution in [0.3, 0.4) is 0 Å². The maximum Gasteiger partial charge on any atom is 0.337 e. The number of nitrogens with zero attached hydrogens (tertiary/aromatic N) is 2. The Hall–Kier alpha value is -4.96. The maximum atomic E-state index is 6.51. The molecule has 1 aromatic heterocycles. The smallest absolute Gasteiger partial charge is 0.337 e. The Bertz CT molecular complexity index is 1910. The first-order valence-electron chi connectivity index (χ1n) is 13.1. The SMILES string of the molecule is c1ccc(-c2cccc(N3c4cccc5c4B4c6c(coc63)-c3ccccc3N4c3ccccc3-5)c2)cc1. The molecule has 0 amide bonds. The van der Waals surface area contributed by atoms with Crippen LogP contribution in [0.25, 0.3) is 33.4 Å². The van der Waals surface area contributed by atoms with Gasteiger partial charge in [-0.15, -0.1) is 0 Å². The molecule has 6 aromatic rings. The summed E-state index contributed by atoms with van der Waals surface area (Å²) in [6.07, 6.45) is 1.96. The van der Waals surface area contributed by atoms with E-state index in [2.05, 4.69) is 131 Å². The first-order chi connectivity index (χ1) is 18.9. The van der Waals surface area contributed by atoms with Crippen molar-refractivity contribution in [3.05, 3.63) is 128 Å². The second kappa shape index (κ2) is 7.30. The highest BCUT2D eigenvalue weighted by Crippen LogP contribution is 2.51. The third-order valence-electron chi connectivity index (χ3n) is 8.26. The Morgan fingerprint density at radius 3 is 1.95 bits per heavy atom. The van der Waals surface area contributed by atoms with E-state index in [9.17, 15) is 0 Å². The van der Waals surface area contributed by atoms with E-state index >= 15 is 0 Å². The zero-order valence-electron chi connectivity index (χ0n) is 20.5. The molecule has 0 N–H and O–H groups in total. The van der Waals surface area contributed by atoms with Crippen LogP contribution < -0.4 is 20.6 Å². The van der Waals surface area contributed by atoms with E-state index in [4.69, 9.17) is 4.42 Å². The van der Waals surface area contributed by atoms with Crippen molar-refractivity contribution >= 4 is 46.4 Å². The quantitative estimate of drug-likeness (QED) is 0.236. The Morgan fingerprint density at radius 1 is 0.500 bits per heavy atom. The summed E-state index contributed by atoms with van der Waals surface area (Å²) in [5, 5.41) is 0. The van der Waals surface area contributed by atoms with Crippen molar-refractivity contribution < 1.29 is 4.42 Å². The number of para-hydroxylation sites is 2. The van der Waals surface area contributed by atoms with Crippen LogP contribution in [0, 0.1) is 0 Å². The summed E-state index contributed by atoms with van der Waals surface area (Å²) in [5.74, 6) is 0.902. The molecule has 0 atom stereocenters. The molecular weight excluding hydrogens is 463 g/mol. The molecule has 3 aliphatic rings. The lowest BCUT2D eigenvalue weighted by Gasteiger charge is -2.46. The lowest BCUT2D eigenvalue weighted by atomic mass is 9.42. The molecule has 0 saturated heterocycles. The normalized spacial score (nSPS) is 13.6. The number of rotatable bonds is 2. The van der Waals surface area contributed by atoms with Gasteiger partial charge in [0.15, 0.2) is 0 Å². The van der Waals surface area contributed by atoms with Crippen molar-refractivity contribution in [2.45, 2.75) is 0 Å². The van der Waals surface area contributed by atoms with E-state index < -0.39 is 0 Å². The van der Waals surface area contributed by atoms with Crippen molar-refractivity contribution in [3.8, 4) is 33.4 Å². The van der Waals surface area contributed by atoms with Gasteiger partial charge in [0.05, 0.1) is 0 Å². The topological polar surface area (TPSA) is 19.6 Å². The molecule has 176 valence electrons. The van der Waals surface area contributed by atoms with Crippen molar-refractivity contribution in [1.29, 1.82) is 0 Å². The van der Waals surface area contributed by atoms with E-state index in [0.717, 1.165) is 11.6 Å². The van der Waals surface area contributed by atoms with Crippen LogP contribution in [-0.2, 0) is 0 Å². The number of benzene rings is 5. The van der Waals surface area contributed by atoms with Gasteiger partial charge in [0, 0.05) is 44.9 Å². The molecule has 5 aromatic carbocycles. The lowest BCUT2D eigenvalue weighted by molar-refractivity contribution is 0.576. The number of hydrogen-bond donors (Lipinski definition) is 0. The van der Waals surface area contributed by atoms with Crippen LogP contribution in [0.15, 0.2) is 132 Å². The van der Waals surface area contributed by atoms with Crippen molar-refractivity contribution in [2.24, 2.45) is 0 Å². The fourth-order valence-electron chi connectivity index (χ4n) is 6.73. The number of fused-ring (bicyclic) bond motifs is 6. The Balaban J connectivity index is 1.37. The standard InChI is InChI=1S/C34H21BN2O/c1-2-10-22(11-3-1)23-12-8-13-24(20-23)36-31-19-9-16-27-25-14-4-6-17-29(25)37-30-18-7-5-15-26(30)28-21-38-34(36)33(28)35(37)32(27)31/h1-21H. The predicted molar refractivity (Wildman–Crippen MR) is 157 cm³/mol.